The average molecular weight is 1080 g/mol. The molecule has 0 bridgehead atoms. The van der Waals surface area contributed by atoms with E-state index in [2.05, 4.69) is 308 Å². The standard InChI is InChI=1S/C80H54N2O2/c1-53-22-5-4-18-49-80(70-34-14-10-27-63(53)70)71-35-15-11-30-69(71)77-64(31-19-36-72(77)80)58-50-61(81(59-45-41-56(42-46-59)54-23-6-2-7-24-54)73-37-20-32-67-65-28-12-16-39-75(65)83-78(67)73)52-62(51-58)82(60-47-43-57(44-48-60)55-25-8-3-9-26-55)74-38-21-33-68-66-29-13-17-40-76(66)84-79(68)74/h2-48,50-52H,1,49H2/b18-4-,22-5-. The zero-order valence-electron chi connectivity index (χ0n) is 46.0. The normalized spacial score (nSPS) is 15.1. The number of para-hydroxylation sites is 4. The molecule has 14 aromatic rings. The molecule has 0 N–H and O–H groups in total. The second kappa shape index (κ2) is 19.9. The van der Waals surface area contributed by atoms with Crippen molar-refractivity contribution in [3.63, 3.8) is 0 Å². The van der Waals surface area contributed by atoms with Crippen molar-refractivity contribution in [3.05, 3.63) is 332 Å². The van der Waals surface area contributed by atoms with Crippen LogP contribution >= 0.6 is 0 Å². The Hall–Kier alpha value is -10.9. The minimum atomic E-state index is -0.516. The van der Waals surface area contributed by atoms with Crippen LogP contribution < -0.4 is 9.80 Å². The van der Waals surface area contributed by atoms with E-state index in [4.69, 9.17) is 8.83 Å². The van der Waals surface area contributed by atoms with Crippen LogP contribution in [0.4, 0.5) is 34.1 Å². The average Bonchev–Trinajstić information content (AvgIpc) is 2.00. The van der Waals surface area contributed by atoms with Crippen LogP contribution in [0.1, 0.15) is 28.7 Å². The molecule has 12 aromatic carbocycles. The largest absolute Gasteiger partial charge is 0.454 e. The molecule has 396 valence electrons. The Bertz CT molecular complexity index is 4730. The molecule has 2 aliphatic carbocycles. The summed E-state index contributed by atoms with van der Waals surface area (Å²) >= 11 is 0. The van der Waals surface area contributed by atoms with E-state index in [9.17, 15) is 0 Å². The van der Waals surface area contributed by atoms with Gasteiger partial charge >= 0.3 is 0 Å². The smallest absolute Gasteiger partial charge is 0.159 e. The Labute approximate surface area is 488 Å². The van der Waals surface area contributed by atoms with Gasteiger partial charge in [-0.2, -0.15) is 0 Å². The number of rotatable bonds is 9. The van der Waals surface area contributed by atoms with Crippen molar-refractivity contribution in [1.82, 2.24) is 0 Å². The number of fused-ring (bicyclic) bond motifs is 13. The van der Waals surface area contributed by atoms with Gasteiger partial charge in [-0.3, -0.25) is 0 Å². The molecule has 0 aliphatic heterocycles. The van der Waals surface area contributed by atoms with Gasteiger partial charge in [0.25, 0.3) is 0 Å². The van der Waals surface area contributed by atoms with Crippen molar-refractivity contribution in [3.8, 4) is 44.5 Å². The number of nitrogens with zero attached hydrogens (tertiary/aromatic N) is 2. The van der Waals surface area contributed by atoms with Crippen LogP contribution in [-0.4, -0.2) is 0 Å². The lowest BCUT2D eigenvalue weighted by Crippen LogP contribution is -2.27. The third-order valence-electron chi connectivity index (χ3n) is 17.3. The molecule has 2 heterocycles. The Morgan fingerprint density at radius 2 is 0.774 bits per heavy atom. The fourth-order valence-corrected chi connectivity index (χ4v) is 13.5. The predicted molar refractivity (Wildman–Crippen MR) is 350 cm³/mol. The van der Waals surface area contributed by atoms with E-state index >= 15 is 0 Å². The highest BCUT2D eigenvalue weighted by molar-refractivity contribution is 6.12. The monoisotopic (exact) mass is 1070 g/mol. The molecular formula is C80H54N2O2. The van der Waals surface area contributed by atoms with E-state index in [-0.39, 0.29) is 0 Å². The lowest BCUT2D eigenvalue weighted by Gasteiger charge is -2.34. The first-order valence-corrected chi connectivity index (χ1v) is 28.8. The summed E-state index contributed by atoms with van der Waals surface area (Å²) in [6, 6.07) is 101. The molecule has 4 heteroatoms. The molecular weight excluding hydrogens is 1020 g/mol. The lowest BCUT2D eigenvalue weighted by molar-refractivity contribution is 0.643. The summed E-state index contributed by atoms with van der Waals surface area (Å²) in [6.07, 6.45) is 9.56. The van der Waals surface area contributed by atoms with Gasteiger partial charge in [0.15, 0.2) is 11.2 Å². The highest BCUT2D eigenvalue weighted by Crippen LogP contribution is 2.59. The molecule has 1 spiro atoms. The van der Waals surface area contributed by atoms with Gasteiger partial charge in [-0.25, -0.2) is 0 Å². The van der Waals surface area contributed by atoms with Crippen LogP contribution in [0.5, 0.6) is 0 Å². The third kappa shape index (κ3) is 7.90. The molecule has 2 aliphatic rings. The van der Waals surface area contributed by atoms with Crippen LogP contribution in [0.25, 0.3) is 94.0 Å². The van der Waals surface area contributed by atoms with Crippen LogP contribution in [-0.2, 0) is 5.41 Å². The molecule has 4 nitrogen and oxygen atoms in total. The van der Waals surface area contributed by atoms with E-state index in [0.29, 0.717) is 0 Å². The molecule has 0 amide bonds. The summed E-state index contributed by atoms with van der Waals surface area (Å²) in [5.41, 5.74) is 23.6. The highest BCUT2D eigenvalue weighted by atomic mass is 16.3. The number of hydrogen-bond donors (Lipinski definition) is 0. The SMILES string of the molecule is C=C1/C=C\C=C/CC2(c3ccccc31)c1ccccc1-c1c(-c3cc(N(c4ccc(-c5ccccc5)cc4)c4cccc5c4oc4ccccc45)cc(N(c4ccc(-c5ccccc5)cc4)c4cccc5c4oc4ccccc45)c3)cccc12. The lowest BCUT2D eigenvalue weighted by atomic mass is 9.68. The zero-order valence-corrected chi connectivity index (χ0v) is 46.0. The maximum absolute atomic E-state index is 7.00. The van der Waals surface area contributed by atoms with Crippen molar-refractivity contribution in [2.75, 3.05) is 9.80 Å². The van der Waals surface area contributed by atoms with E-state index in [1.807, 2.05) is 12.1 Å². The molecule has 1 atom stereocenters. The summed E-state index contributed by atoms with van der Waals surface area (Å²) in [6.45, 7) is 4.64. The quantitative estimate of drug-likeness (QED) is 0.144. The summed E-state index contributed by atoms with van der Waals surface area (Å²) in [5, 5.41) is 4.24. The van der Waals surface area contributed by atoms with Gasteiger partial charge in [0.1, 0.15) is 11.2 Å². The number of anilines is 6. The molecule has 0 saturated carbocycles. The van der Waals surface area contributed by atoms with Crippen molar-refractivity contribution in [2.24, 2.45) is 0 Å². The zero-order chi connectivity index (χ0) is 55.7. The van der Waals surface area contributed by atoms with Gasteiger partial charge in [-0.1, -0.05) is 243 Å². The van der Waals surface area contributed by atoms with Crippen LogP contribution in [0.3, 0.4) is 0 Å². The molecule has 0 fully saturated rings. The summed E-state index contributed by atoms with van der Waals surface area (Å²) in [5.74, 6) is 0. The van der Waals surface area contributed by atoms with Crippen LogP contribution in [0.15, 0.2) is 319 Å². The first-order chi connectivity index (χ1) is 41.6. The molecule has 0 saturated heterocycles. The predicted octanol–water partition coefficient (Wildman–Crippen LogP) is 22.3. The Kier molecular flexibility index (Phi) is 11.6. The fraction of sp³-hybridized carbons (Fsp3) is 0.0250. The van der Waals surface area contributed by atoms with Gasteiger partial charge in [-0.05, 0) is 145 Å². The van der Waals surface area contributed by atoms with Crippen LogP contribution in [0.2, 0.25) is 0 Å². The van der Waals surface area contributed by atoms with Gasteiger partial charge in [0.05, 0.1) is 16.8 Å². The summed E-state index contributed by atoms with van der Waals surface area (Å²) in [4.78, 5) is 4.78. The highest BCUT2D eigenvalue weighted by Gasteiger charge is 2.46. The van der Waals surface area contributed by atoms with E-state index in [1.54, 1.807) is 0 Å². The Morgan fingerprint density at radius 1 is 0.333 bits per heavy atom. The van der Waals surface area contributed by atoms with E-state index in [1.165, 1.54) is 27.8 Å². The maximum atomic E-state index is 7.00. The number of benzene rings is 12. The van der Waals surface area contributed by atoms with Gasteiger partial charge in [-0.15, -0.1) is 0 Å². The number of furan rings is 2. The third-order valence-corrected chi connectivity index (χ3v) is 17.3. The first kappa shape index (κ1) is 48.9. The molecule has 16 rings (SSSR count). The molecule has 84 heavy (non-hydrogen) atoms. The topological polar surface area (TPSA) is 32.8 Å². The second-order valence-corrected chi connectivity index (χ2v) is 22.0. The van der Waals surface area contributed by atoms with Crippen molar-refractivity contribution in [1.29, 1.82) is 0 Å². The van der Waals surface area contributed by atoms with Crippen molar-refractivity contribution in [2.45, 2.75) is 11.8 Å². The first-order valence-electron chi connectivity index (χ1n) is 28.8. The fourth-order valence-electron chi connectivity index (χ4n) is 13.5. The minimum Gasteiger partial charge on any atom is -0.454 e. The van der Waals surface area contributed by atoms with E-state index in [0.717, 1.165) is 129 Å². The Balaban J connectivity index is 1.00. The maximum Gasteiger partial charge on any atom is 0.159 e. The van der Waals surface area contributed by atoms with Crippen molar-refractivity contribution < 1.29 is 8.83 Å². The number of allylic oxidation sites excluding steroid dienone is 5. The van der Waals surface area contributed by atoms with Gasteiger partial charge < -0.3 is 18.6 Å². The van der Waals surface area contributed by atoms with Gasteiger partial charge in [0, 0.05) is 44.3 Å². The van der Waals surface area contributed by atoms with Gasteiger partial charge in [0.2, 0.25) is 0 Å². The van der Waals surface area contributed by atoms with Crippen LogP contribution in [0, 0.1) is 0 Å². The van der Waals surface area contributed by atoms with Crippen molar-refractivity contribution >= 4 is 83.6 Å². The summed E-state index contributed by atoms with van der Waals surface area (Å²) in [7, 11) is 0. The second-order valence-electron chi connectivity index (χ2n) is 22.0. The summed E-state index contributed by atoms with van der Waals surface area (Å²) < 4.78 is 14.0. The minimum absolute atomic E-state index is 0.516. The molecule has 2 aromatic heterocycles. The molecule has 1 unspecified atom stereocenters. The molecule has 0 radical (unpaired) electrons. The van der Waals surface area contributed by atoms with E-state index < -0.39 is 5.41 Å². The number of hydrogen-bond acceptors (Lipinski definition) is 4. The Morgan fingerprint density at radius 3 is 1.35 bits per heavy atom.